The van der Waals surface area contributed by atoms with Gasteiger partial charge >= 0.3 is 0 Å². The van der Waals surface area contributed by atoms with Crippen LogP contribution in [0, 0.1) is 0 Å². The van der Waals surface area contributed by atoms with Crippen molar-refractivity contribution >= 4 is 75.1 Å². The van der Waals surface area contributed by atoms with Gasteiger partial charge in [-0.05, 0) is 52.2 Å². The minimum atomic E-state index is 0.632. The van der Waals surface area contributed by atoms with Crippen molar-refractivity contribution < 1.29 is 4.42 Å². The quantitative estimate of drug-likeness (QED) is 0.175. The molecule has 0 unspecified atom stereocenters. The number of hydrogen-bond acceptors (Lipinski definition) is 6. The number of thiophene rings is 1. The van der Waals surface area contributed by atoms with Crippen molar-refractivity contribution in [3.05, 3.63) is 182 Å². The third kappa shape index (κ3) is 5.16. The minimum Gasteiger partial charge on any atom is -0.455 e. The van der Waals surface area contributed by atoms with Crippen LogP contribution in [0.25, 0.3) is 120 Å². The molecule has 270 valence electrons. The van der Waals surface area contributed by atoms with Gasteiger partial charge in [-0.2, -0.15) is 0 Å². The van der Waals surface area contributed by atoms with Crippen LogP contribution >= 0.6 is 11.3 Å². The fourth-order valence-electron chi connectivity index (χ4n) is 8.43. The monoisotopic (exact) mass is 758 g/mol. The molecular weight excluding hydrogens is 729 g/mol. The summed E-state index contributed by atoms with van der Waals surface area (Å²) in [5.74, 6) is 1.94. The van der Waals surface area contributed by atoms with Crippen molar-refractivity contribution in [3.63, 3.8) is 0 Å². The molecule has 0 spiro atoms. The van der Waals surface area contributed by atoms with Gasteiger partial charge in [0.2, 0.25) is 0 Å². The van der Waals surface area contributed by atoms with Gasteiger partial charge < -0.3 is 4.42 Å². The minimum absolute atomic E-state index is 0.632. The van der Waals surface area contributed by atoms with Crippen molar-refractivity contribution in [1.29, 1.82) is 0 Å². The molecule has 58 heavy (non-hydrogen) atoms. The van der Waals surface area contributed by atoms with E-state index >= 15 is 0 Å². The van der Waals surface area contributed by atoms with Crippen molar-refractivity contribution in [3.8, 4) is 56.5 Å². The van der Waals surface area contributed by atoms with Gasteiger partial charge in [-0.3, -0.25) is 0 Å². The fourth-order valence-corrected chi connectivity index (χ4v) is 9.64. The molecule has 0 bridgehead atoms. The van der Waals surface area contributed by atoms with E-state index in [1.54, 1.807) is 11.3 Å². The average Bonchev–Trinajstić information content (AvgIpc) is 3.88. The van der Waals surface area contributed by atoms with E-state index in [0.717, 1.165) is 82.7 Å². The molecule has 12 aromatic rings. The number of benzene rings is 8. The third-order valence-electron chi connectivity index (χ3n) is 11.2. The van der Waals surface area contributed by atoms with E-state index in [1.807, 2.05) is 54.6 Å². The highest BCUT2D eigenvalue weighted by molar-refractivity contribution is 7.26. The second kappa shape index (κ2) is 13.0. The molecule has 0 saturated heterocycles. The Labute approximate surface area is 336 Å². The van der Waals surface area contributed by atoms with Crippen LogP contribution in [0.4, 0.5) is 0 Å². The number of para-hydroxylation sites is 2. The van der Waals surface area contributed by atoms with Crippen molar-refractivity contribution in [1.82, 2.24) is 19.9 Å². The number of furan rings is 1. The van der Waals surface area contributed by atoms with Gasteiger partial charge in [0, 0.05) is 53.2 Å². The average molecular weight is 759 g/mol. The van der Waals surface area contributed by atoms with E-state index in [4.69, 9.17) is 24.4 Å². The summed E-state index contributed by atoms with van der Waals surface area (Å²) in [5.41, 5.74) is 9.72. The SMILES string of the molecule is c1ccc(-c2nc(-c3ccc(-c4ccc(-c5nc6ccccc6c6oc7ccccc7c56)c5ccccc45)cc3)nc(-c3cccc4c3sc3ccccc34)n2)cc1. The maximum absolute atomic E-state index is 6.52. The van der Waals surface area contributed by atoms with Gasteiger partial charge in [-0.25, -0.2) is 19.9 Å². The molecule has 0 radical (unpaired) electrons. The van der Waals surface area contributed by atoms with Gasteiger partial charge in [0.25, 0.3) is 0 Å². The topological polar surface area (TPSA) is 64.7 Å². The molecule has 5 nitrogen and oxygen atoms in total. The zero-order chi connectivity index (χ0) is 38.2. The summed E-state index contributed by atoms with van der Waals surface area (Å²) in [7, 11) is 0. The van der Waals surface area contributed by atoms with Crippen LogP contribution in [0.5, 0.6) is 0 Å². The first-order valence-corrected chi connectivity index (χ1v) is 20.1. The van der Waals surface area contributed by atoms with Crippen LogP contribution in [-0.2, 0) is 0 Å². The van der Waals surface area contributed by atoms with E-state index in [2.05, 4.69) is 127 Å². The Morgan fingerprint density at radius 1 is 0.362 bits per heavy atom. The summed E-state index contributed by atoms with van der Waals surface area (Å²) in [6.45, 7) is 0. The Morgan fingerprint density at radius 2 is 0.948 bits per heavy atom. The van der Waals surface area contributed by atoms with Gasteiger partial charge in [0.1, 0.15) is 11.2 Å². The van der Waals surface area contributed by atoms with Crippen LogP contribution in [-0.4, -0.2) is 19.9 Å². The maximum Gasteiger partial charge on any atom is 0.165 e. The lowest BCUT2D eigenvalue weighted by Crippen LogP contribution is -2.00. The largest absolute Gasteiger partial charge is 0.455 e. The van der Waals surface area contributed by atoms with Gasteiger partial charge in [-0.1, -0.05) is 152 Å². The number of fused-ring (bicyclic) bond motifs is 9. The van der Waals surface area contributed by atoms with Crippen LogP contribution in [0.3, 0.4) is 0 Å². The third-order valence-corrected chi connectivity index (χ3v) is 12.4. The summed E-state index contributed by atoms with van der Waals surface area (Å²) in [6.07, 6.45) is 0. The molecule has 4 heterocycles. The first kappa shape index (κ1) is 32.7. The number of pyridine rings is 1. The van der Waals surface area contributed by atoms with Gasteiger partial charge in [-0.15, -0.1) is 11.3 Å². The first-order chi connectivity index (χ1) is 28.7. The summed E-state index contributed by atoms with van der Waals surface area (Å²) < 4.78 is 8.94. The van der Waals surface area contributed by atoms with Crippen LogP contribution < -0.4 is 0 Å². The molecule has 8 aromatic carbocycles. The summed E-state index contributed by atoms with van der Waals surface area (Å²) in [4.78, 5) is 20.6. The zero-order valence-corrected chi connectivity index (χ0v) is 31.7. The standard InChI is InChI=1S/C52H30N4OS/c1-2-13-32(14-3-1)50-54-51(56-52(55-50)42-21-12-20-39-37-17-8-11-24-45(37)58-49(39)42)33-27-25-31(26-28-33)34-29-30-38(36-16-5-4-15-35(34)36)47-46-41-19-7-10-23-44(41)57-48(46)40-18-6-9-22-43(40)53-47/h1-30H. The van der Waals surface area contributed by atoms with Crippen molar-refractivity contribution in [2.75, 3.05) is 0 Å². The zero-order valence-electron chi connectivity index (χ0n) is 30.9. The highest BCUT2D eigenvalue weighted by atomic mass is 32.1. The molecule has 0 atom stereocenters. The normalized spacial score (nSPS) is 11.8. The molecule has 12 rings (SSSR count). The van der Waals surface area contributed by atoms with Crippen LogP contribution in [0.15, 0.2) is 186 Å². The van der Waals surface area contributed by atoms with E-state index in [0.29, 0.717) is 17.5 Å². The Morgan fingerprint density at radius 3 is 1.76 bits per heavy atom. The van der Waals surface area contributed by atoms with Crippen LogP contribution in [0.1, 0.15) is 0 Å². The number of nitrogens with zero attached hydrogens (tertiary/aromatic N) is 4. The molecule has 0 fully saturated rings. The first-order valence-electron chi connectivity index (χ1n) is 19.3. The smallest absolute Gasteiger partial charge is 0.165 e. The molecule has 0 amide bonds. The lowest BCUT2D eigenvalue weighted by atomic mass is 9.92. The lowest BCUT2D eigenvalue weighted by molar-refractivity contribution is 0.672. The molecule has 0 aliphatic carbocycles. The molecule has 0 N–H and O–H groups in total. The summed E-state index contributed by atoms with van der Waals surface area (Å²) in [6, 6.07) is 63.2. The molecule has 0 aliphatic heterocycles. The number of hydrogen-bond donors (Lipinski definition) is 0. The molecule has 0 aliphatic rings. The van der Waals surface area contributed by atoms with E-state index in [1.165, 1.54) is 20.2 Å². The van der Waals surface area contributed by atoms with E-state index in [-0.39, 0.29) is 0 Å². The molecule has 4 aromatic heterocycles. The second-order valence-electron chi connectivity index (χ2n) is 14.5. The Hall–Kier alpha value is -7.54. The van der Waals surface area contributed by atoms with Gasteiger partial charge in [0.05, 0.1) is 16.6 Å². The molecule has 0 saturated carbocycles. The molecule has 6 heteroatoms. The summed E-state index contributed by atoms with van der Waals surface area (Å²) >= 11 is 1.78. The van der Waals surface area contributed by atoms with Crippen molar-refractivity contribution in [2.45, 2.75) is 0 Å². The van der Waals surface area contributed by atoms with Crippen LogP contribution in [0.2, 0.25) is 0 Å². The predicted octanol–water partition coefficient (Wildman–Crippen LogP) is 14.2. The highest BCUT2D eigenvalue weighted by Gasteiger charge is 2.21. The maximum atomic E-state index is 6.52. The Kier molecular flexibility index (Phi) is 7.33. The highest BCUT2D eigenvalue weighted by Crippen LogP contribution is 2.44. The Balaban J connectivity index is 0.990. The lowest BCUT2D eigenvalue weighted by Gasteiger charge is -2.14. The predicted molar refractivity (Wildman–Crippen MR) is 240 cm³/mol. The number of aromatic nitrogens is 4. The van der Waals surface area contributed by atoms with Gasteiger partial charge in [0.15, 0.2) is 17.5 Å². The molecular formula is C52H30N4OS. The number of rotatable bonds is 5. The summed E-state index contributed by atoms with van der Waals surface area (Å²) in [5, 5.41) is 7.84. The second-order valence-corrected chi connectivity index (χ2v) is 15.6. The van der Waals surface area contributed by atoms with E-state index < -0.39 is 0 Å². The van der Waals surface area contributed by atoms with Crippen molar-refractivity contribution in [2.24, 2.45) is 0 Å². The Bertz CT molecular complexity index is 3570. The van der Waals surface area contributed by atoms with E-state index in [9.17, 15) is 0 Å². The fraction of sp³-hybridized carbons (Fsp3) is 0.